The van der Waals surface area contributed by atoms with Crippen molar-refractivity contribution in [2.75, 3.05) is 0 Å². The summed E-state index contributed by atoms with van der Waals surface area (Å²) in [6, 6.07) is 0. The molecule has 0 saturated carbocycles. The van der Waals surface area contributed by atoms with Crippen LogP contribution in [0.2, 0.25) is 0 Å². The van der Waals surface area contributed by atoms with Crippen molar-refractivity contribution in [2.45, 2.75) is 36.7 Å². The minimum Gasteiger partial charge on any atom is -1.00 e. The van der Waals surface area contributed by atoms with Crippen LogP contribution < -0.4 is 34.2 Å². The van der Waals surface area contributed by atoms with Gasteiger partial charge < -0.3 is 24.8 Å². The maximum atomic E-state index is 7.72. The second kappa shape index (κ2) is 6.55. The molecule has 0 aromatic carbocycles. The van der Waals surface area contributed by atoms with Crippen LogP contribution in [0.4, 0.5) is 0 Å². The molecule has 0 fully saturated rings. The first-order valence-corrected chi connectivity index (χ1v) is 8.00. The average molecular weight is 357 g/mol. The fraction of sp³-hybridized carbons (Fsp3) is 0.600. The van der Waals surface area contributed by atoms with Crippen molar-refractivity contribution < 1.29 is 39.7 Å². The van der Waals surface area contributed by atoms with Crippen LogP contribution >= 0.6 is 21.6 Å². The van der Waals surface area contributed by atoms with E-state index < -0.39 is 0 Å². The van der Waals surface area contributed by atoms with E-state index in [1.54, 1.807) is 40.3 Å². The highest BCUT2D eigenvalue weighted by Gasteiger charge is 2.30. The van der Waals surface area contributed by atoms with Crippen LogP contribution in [0.25, 0.3) is 0 Å². The molecule has 10 heteroatoms. The van der Waals surface area contributed by atoms with Crippen molar-refractivity contribution in [3.63, 3.8) is 0 Å². The molecule has 0 amide bonds. The van der Waals surface area contributed by atoms with Crippen molar-refractivity contribution >= 4 is 21.6 Å². The van der Waals surface area contributed by atoms with Crippen molar-refractivity contribution in [1.82, 2.24) is 19.3 Å². The summed E-state index contributed by atoms with van der Waals surface area (Å²) >= 11 is 0. The molecule has 0 spiro atoms. The van der Waals surface area contributed by atoms with Crippen LogP contribution in [0.1, 0.15) is 5.48 Å². The highest BCUT2D eigenvalue weighted by molar-refractivity contribution is 8.77. The van der Waals surface area contributed by atoms with Crippen LogP contribution in [-0.4, -0.2) is 29.8 Å². The summed E-state index contributed by atoms with van der Waals surface area (Å²) in [5.41, 5.74) is 0. The van der Waals surface area contributed by atoms with E-state index in [2.05, 4.69) is 9.97 Å². The second-order valence-corrected chi connectivity index (χ2v) is 7.26. The van der Waals surface area contributed by atoms with Crippen LogP contribution in [0.5, 0.6) is 0 Å². The molecule has 0 aliphatic carbocycles. The summed E-state index contributed by atoms with van der Waals surface area (Å²) in [5, 5.41) is 0.630. The van der Waals surface area contributed by atoms with Gasteiger partial charge in [0, 0.05) is 0 Å². The van der Waals surface area contributed by atoms with Gasteiger partial charge in [0.2, 0.25) is 12.6 Å². The number of nitrogens with zero attached hydrogens (tertiary/aromatic N) is 6. The number of halogens is 2. The molecule has 0 bridgehead atoms. The lowest BCUT2D eigenvalue weighted by molar-refractivity contribution is -0.758. The largest absolute Gasteiger partial charge is 1.00 e. The predicted octanol–water partition coefficient (Wildman–Crippen LogP) is -6.49. The SMILES string of the molecule is [2H]c1nc([2H])[n+]2n1CC(SSC1Cn3c([2H])nc([2H])[n+]3C1)C2.[Cl-].[Cl-]. The molecule has 2 aliphatic rings. The van der Waals surface area contributed by atoms with Gasteiger partial charge in [-0.2, -0.15) is 18.7 Å². The molecule has 2 aromatic rings. The molecule has 0 atom stereocenters. The number of rotatable bonds is 3. The molecule has 0 saturated heterocycles. The Kier molecular flexibility index (Phi) is 3.66. The zero-order valence-corrected chi connectivity index (χ0v) is 13.4. The fourth-order valence-electron chi connectivity index (χ4n) is 2.21. The molecule has 6 nitrogen and oxygen atoms in total. The van der Waals surface area contributed by atoms with Crippen LogP contribution in [0.15, 0.2) is 25.2 Å². The number of hydrogen-bond donors (Lipinski definition) is 0. The third kappa shape index (κ3) is 2.93. The van der Waals surface area contributed by atoms with Gasteiger partial charge in [-0.25, -0.2) is 0 Å². The molecule has 20 heavy (non-hydrogen) atoms. The third-order valence-electron chi connectivity index (χ3n) is 3.08. The van der Waals surface area contributed by atoms with Gasteiger partial charge in [0.25, 0.3) is 0 Å². The van der Waals surface area contributed by atoms with Gasteiger partial charge >= 0.3 is 12.6 Å². The molecule has 110 valence electrons. The zero-order chi connectivity index (χ0) is 15.4. The van der Waals surface area contributed by atoms with Gasteiger partial charge in [0.15, 0.2) is 2.74 Å². The lowest BCUT2D eigenvalue weighted by Gasteiger charge is -2.07. The molecule has 4 rings (SSSR count). The summed E-state index contributed by atoms with van der Waals surface area (Å²) in [7, 11) is 3.51. The van der Waals surface area contributed by atoms with Crippen LogP contribution in [-0.2, 0) is 26.2 Å². The molecular formula is C10H14Cl2N6S2. The normalized spacial score (nSPS) is 25.6. The standard InChI is InChI=1S/C10H14N6S2.2ClH/c1-9(2-14-6-11-5-13(1)14)17-18-10-3-15-7-12-8-16(15)4-10;;/h5-10H,1-4H2;2*1H/q+2;;/p-2/i5D,6D,7D,8D;;. The molecule has 2 aromatic heterocycles. The molecule has 0 N–H and O–H groups in total. The molecule has 0 radical (unpaired) electrons. The Labute approximate surface area is 142 Å². The van der Waals surface area contributed by atoms with E-state index in [4.69, 9.17) is 5.48 Å². The first kappa shape index (κ1) is 11.2. The zero-order valence-electron chi connectivity index (χ0n) is 14.2. The van der Waals surface area contributed by atoms with E-state index in [1.807, 2.05) is 0 Å². The van der Waals surface area contributed by atoms with E-state index >= 15 is 0 Å². The topological polar surface area (TPSA) is 43.4 Å². The maximum Gasteiger partial charge on any atom is 0.306 e. The Morgan fingerprint density at radius 1 is 0.950 bits per heavy atom. The van der Waals surface area contributed by atoms with E-state index in [-0.39, 0.29) is 50.0 Å². The first-order chi connectivity index (χ1) is 10.5. The molecule has 4 heterocycles. The highest BCUT2D eigenvalue weighted by atomic mass is 35.5. The van der Waals surface area contributed by atoms with Crippen molar-refractivity contribution in [1.29, 1.82) is 0 Å². The highest BCUT2D eigenvalue weighted by Crippen LogP contribution is 2.34. The van der Waals surface area contributed by atoms with Gasteiger partial charge in [-0.3, -0.25) is 0 Å². The van der Waals surface area contributed by atoms with Crippen molar-refractivity contribution in [3.05, 3.63) is 25.2 Å². The number of aromatic nitrogens is 6. The molecular weight excluding hydrogens is 339 g/mol. The minimum atomic E-state index is 0. The monoisotopic (exact) mass is 356 g/mol. The third-order valence-corrected chi connectivity index (χ3v) is 6.30. The number of fused-ring (bicyclic) bond motifs is 2. The van der Waals surface area contributed by atoms with Gasteiger partial charge in [-0.15, -0.1) is 0 Å². The Morgan fingerprint density at radius 2 is 1.40 bits per heavy atom. The van der Waals surface area contributed by atoms with Gasteiger partial charge in [-0.1, -0.05) is 21.6 Å². The second-order valence-electron chi connectivity index (χ2n) is 4.39. The quantitative estimate of drug-likeness (QED) is 0.405. The van der Waals surface area contributed by atoms with Gasteiger partial charge in [0.1, 0.15) is 15.8 Å². The summed E-state index contributed by atoms with van der Waals surface area (Å²) < 4.78 is 37.8. The summed E-state index contributed by atoms with van der Waals surface area (Å²) in [4.78, 5) is 7.66. The molecule has 0 unspecified atom stereocenters. The smallest absolute Gasteiger partial charge is 0.306 e. The van der Waals surface area contributed by atoms with Crippen LogP contribution in [0.3, 0.4) is 0 Å². The Balaban J connectivity index is 0.00000104. The number of hydrogen-bond acceptors (Lipinski definition) is 4. The maximum absolute atomic E-state index is 7.72. The van der Waals surface area contributed by atoms with Crippen LogP contribution in [0, 0.1) is 0 Å². The molecule has 2 aliphatic heterocycles. The van der Waals surface area contributed by atoms with E-state index in [0.29, 0.717) is 36.7 Å². The summed E-state index contributed by atoms with van der Waals surface area (Å²) in [6.45, 7) is 2.79. The first-order valence-electron chi connectivity index (χ1n) is 7.72. The van der Waals surface area contributed by atoms with Crippen molar-refractivity contribution in [3.8, 4) is 0 Å². The Bertz CT molecular complexity index is 641. The van der Waals surface area contributed by atoms with Gasteiger partial charge in [-0.05, 0) is 9.97 Å². The lowest BCUT2D eigenvalue weighted by atomic mass is 10.4. The van der Waals surface area contributed by atoms with Gasteiger partial charge in [0.05, 0.1) is 23.6 Å². The Morgan fingerprint density at radius 3 is 1.80 bits per heavy atom. The summed E-state index contributed by atoms with van der Waals surface area (Å²) in [5.74, 6) is 0. The lowest BCUT2D eigenvalue weighted by Crippen LogP contribution is -3.00. The van der Waals surface area contributed by atoms with E-state index in [0.717, 1.165) is 0 Å². The predicted molar refractivity (Wildman–Crippen MR) is 67.6 cm³/mol. The minimum absolute atomic E-state index is 0. The Hall–Kier alpha value is -0.440. The van der Waals surface area contributed by atoms with E-state index in [9.17, 15) is 0 Å². The van der Waals surface area contributed by atoms with Crippen molar-refractivity contribution in [2.24, 2.45) is 0 Å². The average Bonchev–Trinajstić information content (AvgIpc) is 3.17. The van der Waals surface area contributed by atoms with E-state index in [1.165, 1.54) is 0 Å². The summed E-state index contributed by atoms with van der Waals surface area (Å²) in [6.07, 6.45) is 0.590. The fourth-order valence-corrected chi connectivity index (χ4v) is 5.01.